The maximum Gasteiger partial charge on any atom is 0.312 e. The fraction of sp³-hybridized carbons (Fsp3) is 0.138. The first kappa shape index (κ1) is 22.6. The average molecular weight is 495 g/mol. The number of aromatic nitrogens is 1. The average Bonchev–Trinajstić information content (AvgIpc) is 2.87. The van der Waals surface area contributed by atoms with Crippen molar-refractivity contribution in [2.45, 2.75) is 19.3 Å². The molecule has 0 bridgehead atoms. The van der Waals surface area contributed by atoms with Crippen LogP contribution >= 0.6 is 0 Å². The zero-order valence-electron chi connectivity index (χ0n) is 20.0. The number of fused-ring (bicyclic) bond motifs is 4. The Morgan fingerprint density at radius 1 is 1.03 bits per heavy atom. The number of phenolic OH excluding ortho intramolecular Hbond substituents is 1. The standard InChI is InChI=1S/C29H21NO7/c1-14-3-4-16-10-19(29(34)30-21(16)9-14)18-11-24(32)37-23-12-22(31)26-27(33)20(13-36-28(26)25(18)23)15-5-7-17(35-2)8-6-15/h3-10,12-13,18,31H,11H2,1-2H3,(H,30,34). The number of phenols is 1. The van der Waals surface area contributed by atoms with Crippen LogP contribution in [0.4, 0.5) is 0 Å². The van der Waals surface area contributed by atoms with Crippen molar-refractivity contribution < 1.29 is 23.8 Å². The number of pyridine rings is 1. The first-order valence-electron chi connectivity index (χ1n) is 11.6. The Balaban J connectivity index is 1.59. The van der Waals surface area contributed by atoms with Crippen LogP contribution in [0.2, 0.25) is 0 Å². The Labute approximate surface area is 209 Å². The molecule has 184 valence electrons. The summed E-state index contributed by atoms with van der Waals surface area (Å²) in [5.74, 6) is -1.00. The molecule has 8 heteroatoms. The van der Waals surface area contributed by atoms with Gasteiger partial charge in [0.15, 0.2) is 0 Å². The molecule has 5 aromatic rings. The predicted octanol–water partition coefficient (Wildman–Crippen LogP) is 4.77. The topological polar surface area (TPSA) is 119 Å². The van der Waals surface area contributed by atoms with E-state index in [-0.39, 0.29) is 40.0 Å². The minimum Gasteiger partial charge on any atom is -0.507 e. The number of methoxy groups -OCH3 is 1. The van der Waals surface area contributed by atoms with Crippen molar-refractivity contribution in [3.05, 3.63) is 98.1 Å². The summed E-state index contributed by atoms with van der Waals surface area (Å²) >= 11 is 0. The van der Waals surface area contributed by atoms with E-state index < -0.39 is 17.3 Å². The fourth-order valence-corrected chi connectivity index (χ4v) is 4.96. The summed E-state index contributed by atoms with van der Waals surface area (Å²) in [5, 5.41) is 11.5. The van der Waals surface area contributed by atoms with Gasteiger partial charge in [-0.2, -0.15) is 0 Å². The first-order chi connectivity index (χ1) is 17.8. The second-order valence-corrected chi connectivity index (χ2v) is 9.09. The largest absolute Gasteiger partial charge is 0.507 e. The zero-order valence-corrected chi connectivity index (χ0v) is 20.0. The highest BCUT2D eigenvalue weighted by Gasteiger charge is 2.35. The Hall–Kier alpha value is -4.85. The number of carbonyl (C=O) groups excluding carboxylic acids is 1. The number of aromatic amines is 1. The summed E-state index contributed by atoms with van der Waals surface area (Å²) in [6.07, 6.45) is 1.18. The van der Waals surface area contributed by atoms with Crippen LogP contribution in [0, 0.1) is 6.92 Å². The van der Waals surface area contributed by atoms with Gasteiger partial charge in [0, 0.05) is 28.6 Å². The molecule has 6 rings (SSSR count). The molecule has 1 aliphatic heterocycles. The molecule has 3 heterocycles. The molecule has 0 spiro atoms. The van der Waals surface area contributed by atoms with E-state index in [0.717, 1.165) is 10.9 Å². The van der Waals surface area contributed by atoms with Crippen LogP contribution in [-0.4, -0.2) is 23.2 Å². The highest BCUT2D eigenvalue weighted by atomic mass is 16.5. The van der Waals surface area contributed by atoms with E-state index in [1.165, 1.54) is 12.3 Å². The normalized spacial score (nSPS) is 15.0. The zero-order chi connectivity index (χ0) is 25.8. The van der Waals surface area contributed by atoms with Crippen LogP contribution in [-0.2, 0) is 4.79 Å². The highest BCUT2D eigenvalue weighted by Crippen LogP contribution is 2.45. The van der Waals surface area contributed by atoms with Crippen molar-refractivity contribution in [1.29, 1.82) is 0 Å². The Morgan fingerprint density at radius 2 is 1.81 bits per heavy atom. The molecular weight excluding hydrogens is 474 g/mol. The van der Waals surface area contributed by atoms with Gasteiger partial charge in [-0.3, -0.25) is 14.4 Å². The molecule has 37 heavy (non-hydrogen) atoms. The third-order valence-corrected chi connectivity index (χ3v) is 6.78. The maximum atomic E-state index is 13.5. The number of ether oxygens (including phenoxy) is 2. The maximum absolute atomic E-state index is 13.5. The van der Waals surface area contributed by atoms with E-state index in [1.807, 2.05) is 25.1 Å². The predicted molar refractivity (Wildman–Crippen MR) is 138 cm³/mol. The number of aryl methyl sites for hydroxylation is 1. The lowest BCUT2D eigenvalue weighted by Crippen LogP contribution is -2.26. The van der Waals surface area contributed by atoms with Crippen LogP contribution in [0.5, 0.6) is 17.2 Å². The van der Waals surface area contributed by atoms with Crippen molar-refractivity contribution in [3.8, 4) is 28.4 Å². The summed E-state index contributed by atoms with van der Waals surface area (Å²) in [6.45, 7) is 1.93. The number of benzene rings is 3. The van der Waals surface area contributed by atoms with Crippen LogP contribution < -0.4 is 20.5 Å². The Morgan fingerprint density at radius 3 is 2.57 bits per heavy atom. The molecule has 0 amide bonds. The molecule has 1 atom stereocenters. The number of carbonyl (C=O) groups is 1. The minimum atomic E-state index is -0.746. The molecule has 8 nitrogen and oxygen atoms in total. The van der Waals surface area contributed by atoms with E-state index in [4.69, 9.17) is 13.9 Å². The van der Waals surface area contributed by atoms with Crippen LogP contribution in [0.1, 0.15) is 29.0 Å². The number of H-pyrrole nitrogens is 1. The second kappa shape index (κ2) is 8.37. The van der Waals surface area contributed by atoms with Gasteiger partial charge < -0.3 is 24.0 Å². The molecule has 2 N–H and O–H groups in total. The third-order valence-electron chi connectivity index (χ3n) is 6.78. The summed E-state index contributed by atoms with van der Waals surface area (Å²) < 4.78 is 16.5. The number of nitrogens with one attached hydrogen (secondary N) is 1. The molecule has 0 saturated carbocycles. The summed E-state index contributed by atoms with van der Waals surface area (Å²) in [7, 11) is 1.55. The lowest BCUT2D eigenvalue weighted by Gasteiger charge is -2.25. The molecule has 3 aromatic carbocycles. The number of hydrogen-bond acceptors (Lipinski definition) is 7. The van der Waals surface area contributed by atoms with Gasteiger partial charge in [0.2, 0.25) is 5.43 Å². The Bertz CT molecular complexity index is 1850. The molecule has 0 saturated heterocycles. The third kappa shape index (κ3) is 3.65. The van der Waals surface area contributed by atoms with Crippen LogP contribution in [0.3, 0.4) is 0 Å². The van der Waals surface area contributed by atoms with Crippen molar-refractivity contribution in [2.75, 3.05) is 7.11 Å². The van der Waals surface area contributed by atoms with Crippen molar-refractivity contribution in [3.63, 3.8) is 0 Å². The van der Waals surface area contributed by atoms with E-state index in [0.29, 0.717) is 28.0 Å². The van der Waals surface area contributed by atoms with Crippen molar-refractivity contribution in [2.24, 2.45) is 0 Å². The molecule has 1 unspecified atom stereocenters. The fourth-order valence-electron chi connectivity index (χ4n) is 4.96. The van der Waals surface area contributed by atoms with Gasteiger partial charge in [-0.1, -0.05) is 24.3 Å². The van der Waals surface area contributed by atoms with Gasteiger partial charge in [0.1, 0.15) is 34.5 Å². The second-order valence-electron chi connectivity index (χ2n) is 9.09. The summed E-state index contributed by atoms with van der Waals surface area (Å²) in [4.78, 5) is 42.1. The van der Waals surface area contributed by atoms with Gasteiger partial charge in [0.05, 0.1) is 19.1 Å². The molecule has 1 aliphatic rings. The monoisotopic (exact) mass is 495 g/mol. The number of hydrogen-bond donors (Lipinski definition) is 2. The van der Waals surface area contributed by atoms with Gasteiger partial charge >= 0.3 is 5.97 Å². The van der Waals surface area contributed by atoms with Gasteiger partial charge in [-0.15, -0.1) is 0 Å². The molecule has 0 fully saturated rings. The molecule has 0 radical (unpaired) electrons. The van der Waals surface area contributed by atoms with Crippen molar-refractivity contribution >= 4 is 27.8 Å². The van der Waals surface area contributed by atoms with E-state index >= 15 is 0 Å². The number of rotatable bonds is 3. The van der Waals surface area contributed by atoms with Gasteiger partial charge in [0.25, 0.3) is 5.56 Å². The van der Waals surface area contributed by atoms with E-state index in [9.17, 15) is 19.5 Å². The van der Waals surface area contributed by atoms with Gasteiger partial charge in [-0.25, -0.2) is 0 Å². The first-order valence-corrected chi connectivity index (χ1v) is 11.6. The van der Waals surface area contributed by atoms with Gasteiger partial charge in [-0.05, 0) is 47.7 Å². The Kier molecular flexibility index (Phi) is 5.12. The summed E-state index contributed by atoms with van der Waals surface area (Å²) in [5.41, 5.74) is 2.46. The van der Waals surface area contributed by atoms with Crippen LogP contribution in [0.15, 0.2) is 74.9 Å². The van der Waals surface area contributed by atoms with E-state index in [2.05, 4.69) is 4.98 Å². The molecular formula is C29H21NO7. The summed E-state index contributed by atoms with van der Waals surface area (Å²) in [6, 6.07) is 15.5. The number of esters is 1. The SMILES string of the molecule is COc1ccc(-c2coc3c4c(cc(O)c3c2=O)OC(=O)CC4c2cc3ccc(C)cc3[nH]c2=O)cc1. The molecule has 0 aliphatic carbocycles. The minimum absolute atomic E-state index is 0.0509. The van der Waals surface area contributed by atoms with Crippen LogP contribution in [0.25, 0.3) is 33.0 Å². The lowest BCUT2D eigenvalue weighted by atomic mass is 9.85. The lowest BCUT2D eigenvalue weighted by molar-refractivity contribution is -0.135. The molecule has 2 aromatic heterocycles. The quantitative estimate of drug-likeness (QED) is 0.273. The number of aromatic hydroxyl groups is 1. The smallest absolute Gasteiger partial charge is 0.312 e. The highest BCUT2D eigenvalue weighted by molar-refractivity contribution is 5.94. The van der Waals surface area contributed by atoms with Crippen molar-refractivity contribution in [1.82, 2.24) is 4.98 Å². The van der Waals surface area contributed by atoms with E-state index in [1.54, 1.807) is 37.4 Å².